The third kappa shape index (κ3) is 4.17. The number of fused-ring (bicyclic) bond motifs is 6. The molecule has 0 amide bonds. The number of nitrogens with zero attached hydrogens (tertiary/aromatic N) is 1. The lowest BCUT2D eigenvalue weighted by Gasteiger charge is -2.68. The van der Waals surface area contributed by atoms with Crippen LogP contribution >= 0.6 is 0 Å². The second-order valence-corrected chi connectivity index (χ2v) is 16.5. The molecule has 4 aliphatic carbocycles. The molecule has 0 aromatic carbocycles. The molecule has 0 saturated heterocycles. The van der Waals surface area contributed by atoms with Gasteiger partial charge in [0.1, 0.15) is 17.5 Å². The summed E-state index contributed by atoms with van der Waals surface area (Å²) in [4.78, 5) is 11.8. The number of rotatable bonds is 2. The van der Waals surface area contributed by atoms with Gasteiger partial charge in [0, 0.05) is 28.7 Å². The average Bonchev–Trinajstić information content (AvgIpc) is 3.33. The fraction of sp³-hybridized carbons (Fsp3) is 0.824. The Hall–Kier alpha value is -1.66. The van der Waals surface area contributed by atoms with Crippen LogP contribution in [0.4, 0.5) is 0 Å². The Kier molecular flexibility index (Phi) is 6.83. The molecule has 2 fully saturated rings. The van der Waals surface area contributed by atoms with Gasteiger partial charge in [-0.3, -0.25) is 4.79 Å². The van der Waals surface area contributed by atoms with E-state index < -0.39 is 17.1 Å². The minimum Gasteiger partial charge on any atom is -0.465 e. The van der Waals surface area contributed by atoms with Gasteiger partial charge in [0.2, 0.25) is 0 Å². The maximum Gasteiger partial charge on any atom is 0.302 e. The zero-order chi connectivity index (χ0) is 29.6. The van der Waals surface area contributed by atoms with Gasteiger partial charge in [-0.2, -0.15) is 0 Å². The van der Waals surface area contributed by atoms with Crippen molar-refractivity contribution < 1.29 is 24.3 Å². The van der Waals surface area contributed by atoms with Crippen molar-refractivity contribution in [3.8, 4) is 0 Å². The fourth-order valence-corrected chi connectivity index (χ4v) is 9.91. The summed E-state index contributed by atoms with van der Waals surface area (Å²) < 4.78 is 11.4. The number of aromatic nitrogens is 1. The first-order chi connectivity index (χ1) is 18.3. The molecule has 6 heteroatoms. The van der Waals surface area contributed by atoms with Gasteiger partial charge in [0.05, 0.1) is 12.8 Å². The topological polar surface area (TPSA) is 92.8 Å². The second-order valence-electron chi connectivity index (χ2n) is 16.5. The molecule has 0 radical (unpaired) electrons. The van der Waals surface area contributed by atoms with E-state index in [0.29, 0.717) is 18.9 Å². The van der Waals surface area contributed by atoms with Gasteiger partial charge in [0.15, 0.2) is 0 Å². The molecule has 2 N–H and O–H groups in total. The van der Waals surface area contributed by atoms with Crippen molar-refractivity contribution >= 4 is 5.97 Å². The number of aliphatic hydroxyl groups is 2. The van der Waals surface area contributed by atoms with E-state index in [-0.39, 0.29) is 33.0 Å². The zero-order valence-corrected chi connectivity index (χ0v) is 26.4. The predicted molar refractivity (Wildman–Crippen MR) is 156 cm³/mol. The van der Waals surface area contributed by atoms with E-state index in [0.717, 1.165) is 62.7 Å². The van der Waals surface area contributed by atoms with E-state index in [1.807, 2.05) is 6.20 Å². The average molecular weight is 556 g/mol. The molecule has 40 heavy (non-hydrogen) atoms. The van der Waals surface area contributed by atoms with Crippen molar-refractivity contribution in [1.82, 2.24) is 5.16 Å². The fourth-order valence-electron chi connectivity index (χ4n) is 9.91. The number of esters is 1. The van der Waals surface area contributed by atoms with Gasteiger partial charge in [-0.05, 0) is 80.0 Å². The highest BCUT2D eigenvalue weighted by Gasteiger charge is 2.69. The monoisotopic (exact) mass is 555 g/mol. The smallest absolute Gasteiger partial charge is 0.302 e. The van der Waals surface area contributed by atoms with Crippen molar-refractivity contribution in [3.63, 3.8) is 0 Å². The molecule has 2 saturated carbocycles. The zero-order valence-electron chi connectivity index (χ0n) is 26.4. The number of carbonyl (C=O) groups is 1. The molecular formula is C34H53NO5. The van der Waals surface area contributed by atoms with Crippen LogP contribution < -0.4 is 0 Å². The van der Waals surface area contributed by atoms with Crippen molar-refractivity contribution in [3.05, 3.63) is 29.2 Å². The number of aliphatic hydroxyl groups excluding tert-OH is 1. The van der Waals surface area contributed by atoms with Crippen LogP contribution in [0.2, 0.25) is 0 Å². The van der Waals surface area contributed by atoms with Crippen molar-refractivity contribution in [2.75, 3.05) is 6.61 Å². The quantitative estimate of drug-likeness (QED) is 0.304. The van der Waals surface area contributed by atoms with E-state index >= 15 is 0 Å². The van der Waals surface area contributed by atoms with Gasteiger partial charge < -0.3 is 19.5 Å². The molecule has 1 heterocycles. The molecule has 1 aromatic rings. The molecule has 1 aromatic heterocycles. The van der Waals surface area contributed by atoms with E-state index in [1.165, 1.54) is 12.5 Å². The van der Waals surface area contributed by atoms with Gasteiger partial charge >= 0.3 is 5.97 Å². The molecule has 6 nitrogen and oxygen atoms in total. The first kappa shape index (κ1) is 29.8. The van der Waals surface area contributed by atoms with Crippen LogP contribution in [0.25, 0.3) is 0 Å². The Balaban J connectivity index is 1.63. The molecule has 224 valence electrons. The number of ether oxygens (including phenoxy) is 1. The van der Waals surface area contributed by atoms with Gasteiger partial charge in [0.25, 0.3) is 0 Å². The maximum absolute atomic E-state index is 12.8. The number of hydrogen-bond donors (Lipinski definition) is 2. The molecule has 0 unspecified atom stereocenters. The number of allylic oxidation sites excluding steroid dienone is 1. The van der Waals surface area contributed by atoms with E-state index in [4.69, 9.17) is 9.26 Å². The first-order valence-electron chi connectivity index (χ1n) is 15.5. The molecule has 5 rings (SSSR count). The summed E-state index contributed by atoms with van der Waals surface area (Å²) in [6.45, 7) is 20.2. The van der Waals surface area contributed by atoms with Gasteiger partial charge in [-0.15, -0.1) is 0 Å². The van der Waals surface area contributed by atoms with Crippen LogP contribution in [0.15, 0.2) is 22.4 Å². The Labute approximate surface area is 241 Å². The summed E-state index contributed by atoms with van der Waals surface area (Å²) in [5.74, 6) is 1.10. The van der Waals surface area contributed by atoms with Crippen LogP contribution in [0.5, 0.6) is 0 Å². The third-order valence-corrected chi connectivity index (χ3v) is 13.0. The number of hydrogen-bond acceptors (Lipinski definition) is 6. The molecule has 7 atom stereocenters. The summed E-state index contributed by atoms with van der Waals surface area (Å²) in [7, 11) is 0. The highest BCUT2D eigenvalue weighted by molar-refractivity contribution is 5.65. The minimum absolute atomic E-state index is 0.00219. The normalized spacial score (nSPS) is 44.2. The van der Waals surface area contributed by atoms with Crippen molar-refractivity contribution in [2.45, 2.75) is 137 Å². The Morgan fingerprint density at radius 2 is 1.65 bits per heavy atom. The highest BCUT2D eigenvalue weighted by atomic mass is 16.5. The van der Waals surface area contributed by atoms with E-state index in [9.17, 15) is 15.0 Å². The summed E-state index contributed by atoms with van der Waals surface area (Å²) in [5.41, 5.74) is -0.220. The SMILES string of the molecule is CC(=O)OC[C@@]1(C)CCC(C)(C)CC[C@@]2(O)[C@H](O)C=C3[C@@]4(C)Cc5cnoc5C(C)(C)[C@@H]4CC[C@@]3(C)[C@]2(C)CC1. The lowest BCUT2D eigenvalue weighted by Crippen LogP contribution is -2.68. The van der Waals surface area contributed by atoms with Crippen molar-refractivity contribution in [1.29, 1.82) is 0 Å². The van der Waals surface area contributed by atoms with Gasteiger partial charge in [-0.25, -0.2) is 0 Å². The van der Waals surface area contributed by atoms with E-state index in [2.05, 4.69) is 66.6 Å². The Morgan fingerprint density at radius 3 is 2.33 bits per heavy atom. The van der Waals surface area contributed by atoms with E-state index in [1.54, 1.807) is 0 Å². The molecule has 4 aliphatic rings. The first-order valence-corrected chi connectivity index (χ1v) is 15.5. The molecule has 0 spiro atoms. The van der Waals surface area contributed by atoms with Crippen LogP contribution in [-0.2, 0) is 21.4 Å². The van der Waals surface area contributed by atoms with Crippen LogP contribution in [-0.4, -0.2) is 39.7 Å². The highest BCUT2D eigenvalue weighted by Crippen LogP contribution is 2.72. The largest absolute Gasteiger partial charge is 0.465 e. The number of carbonyl (C=O) groups excluding carboxylic acids is 1. The molecule has 0 bridgehead atoms. The lowest BCUT2D eigenvalue weighted by atomic mass is 9.36. The Morgan fingerprint density at radius 1 is 1.00 bits per heavy atom. The summed E-state index contributed by atoms with van der Waals surface area (Å²) in [6, 6.07) is 0. The standard InChI is InChI=1S/C34H53NO5/c1-22(36)39-21-30(6)14-12-28(2,3)13-17-34(38)26(37)18-25-31(7)19-23-20-35-40-27(23)29(4,5)24(31)10-11-32(25,8)33(34,9)16-15-30/h18,20,24,26,37-38H,10-17,19,21H2,1-9H3/t24-,26+,30-,31-,32+,33-,34+/m0/s1. The third-order valence-electron chi connectivity index (χ3n) is 13.0. The van der Waals surface area contributed by atoms with Gasteiger partial charge in [-0.1, -0.05) is 72.2 Å². The van der Waals surface area contributed by atoms with Crippen LogP contribution in [0.1, 0.15) is 125 Å². The molecular weight excluding hydrogens is 502 g/mol. The molecule has 0 aliphatic heterocycles. The second kappa shape index (κ2) is 9.17. The minimum atomic E-state index is -1.25. The van der Waals surface area contributed by atoms with Crippen LogP contribution in [0.3, 0.4) is 0 Å². The Bertz CT molecular complexity index is 1200. The predicted octanol–water partition coefficient (Wildman–Crippen LogP) is 6.92. The summed E-state index contributed by atoms with van der Waals surface area (Å²) in [5, 5.41) is 29.0. The summed E-state index contributed by atoms with van der Waals surface area (Å²) >= 11 is 0. The van der Waals surface area contributed by atoms with Crippen molar-refractivity contribution in [2.24, 2.45) is 33.0 Å². The maximum atomic E-state index is 12.8. The summed E-state index contributed by atoms with van der Waals surface area (Å²) in [6.07, 6.45) is 10.7. The van der Waals surface area contributed by atoms with Crippen LogP contribution in [0, 0.1) is 33.0 Å². The lowest BCUT2D eigenvalue weighted by molar-refractivity contribution is -0.216.